The number of hydrogen-bond donors (Lipinski definition) is 3. The van der Waals surface area contributed by atoms with Crippen LogP contribution in [0.4, 0.5) is 10.1 Å². The zero-order valence-electron chi connectivity index (χ0n) is 30.0. The summed E-state index contributed by atoms with van der Waals surface area (Å²) in [6.07, 6.45) is 7.42. The molecular weight excluding hydrogens is 697 g/mol. The van der Waals surface area contributed by atoms with Gasteiger partial charge in [-0.3, -0.25) is 28.5 Å². The normalized spacial score (nSPS) is 12.1. The lowest BCUT2D eigenvalue weighted by Crippen LogP contribution is -2.41. The summed E-state index contributed by atoms with van der Waals surface area (Å²) in [4.78, 5) is 68.4. The van der Waals surface area contributed by atoms with Crippen LogP contribution in [0.5, 0.6) is 0 Å². The number of nitrogens with one attached hydrogen (secondary N) is 2. The fourth-order valence-corrected chi connectivity index (χ4v) is 5.71. The summed E-state index contributed by atoms with van der Waals surface area (Å²) >= 11 is 0. The molecule has 0 bridgehead atoms. The van der Waals surface area contributed by atoms with Crippen molar-refractivity contribution in [3.05, 3.63) is 69.0 Å². The van der Waals surface area contributed by atoms with E-state index in [1.807, 2.05) is 11.6 Å². The number of aliphatic carboxylic acids is 1. The first-order chi connectivity index (χ1) is 24.2. The average Bonchev–Trinajstić information content (AvgIpc) is 3.02. The molecule has 3 aromatic rings. The number of ether oxygens (including phenoxy) is 1. The predicted octanol–water partition coefficient (Wildman–Crippen LogP) is 3.55. The Bertz CT molecular complexity index is 2070. The van der Waals surface area contributed by atoms with E-state index in [1.54, 1.807) is 44.7 Å². The van der Waals surface area contributed by atoms with Crippen LogP contribution in [0.25, 0.3) is 10.9 Å². The number of carbonyl (C=O) groups excluding carboxylic acids is 3. The van der Waals surface area contributed by atoms with E-state index in [9.17, 15) is 37.5 Å². The number of aromatic nitrogens is 2. The summed E-state index contributed by atoms with van der Waals surface area (Å²) in [5.74, 6) is -1.43. The highest BCUT2D eigenvalue weighted by Gasteiger charge is 2.25. The number of fused-ring (bicyclic) bond motifs is 1. The van der Waals surface area contributed by atoms with Crippen molar-refractivity contribution in [2.45, 2.75) is 86.0 Å². The second-order valence-electron chi connectivity index (χ2n) is 13.5. The van der Waals surface area contributed by atoms with E-state index in [0.717, 1.165) is 17.9 Å². The third-order valence-corrected chi connectivity index (χ3v) is 8.64. The summed E-state index contributed by atoms with van der Waals surface area (Å²) in [5, 5.41) is 12.2. The Kier molecular flexibility index (Phi) is 13.7. The number of aryl methyl sites for hydroxylation is 2. The lowest BCUT2D eigenvalue weighted by atomic mass is 9.98. The molecule has 1 atom stereocenters. The van der Waals surface area contributed by atoms with Crippen LogP contribution >= 0.6 is 0 Å². The molecule has 0 aliphatic rings. The molecule has 2 amide bonds. The number of sulfonamides is 1. The molecular formula is C36H44FN5O9S. The van der Waals surface area contributed by atoms with Gasteiger partial charge in [-0.05, 0) is 88.9 Å². The number of hydrogen-bond acceptors (Lipinski definition) is 10. The van der Waals surface area contributed by atoms with E-state index in [-0.39, 0.29) is 43.6 Å². The number of carboxylic acids is 1. The van der Waals surface area contributed by atoms with Crippen molar-refractivity contribution in [3.63, 3.8) is 0 Å². The zero-order valence-corrected chi connectivity index (χ0v) is 30.9. The number of carboxylic acid groups (broad SMARTS) is 1. The first kappa shape index (κ1) is 41.1. The Morgan fingerprint density at radius 2 is 1.81 bits per heavy atom. The summed E-state index contributed by atoms with van der Waals surface area (Å²) in [5.41, 5.74) is 0.691. The molecule has 14 nitrogen and oxygen atoms in total. The molecule has 0 aliphatic heterocycles. The van der Waals surface area contributed by atoms with Crippen LogP contribution in [0.15, 0.2) is 35.1 Å². The Morgan fingerprint density at radius 3 is 2.40 bits per heavy atom. The maximum atomic E-state index is 15.4. The highest BCUT2D eigenvalue weighted by molar-refractivity contribution is 7.89. The maximum absolute atomic E-state index is 15.4. The lowest BCUT2D eigenvalue weighted by Gasteiger charge is -2.24. The van der Waals surface area contributed by atoms with Gasteiger partial charge in [0, 0.05) is 18.7 Å². The van der Waals surface area contributed by atoms with Gasteiger partial charge in [-0.15, -0.1) is 6.42 Å². The van der Waals surface area contributed by atoms with Gasteiger partial charge in [0.1, 0.15) is 17.7 Å². The fraction of sp³-hybridized carbons (Fsp3) is 0.444. The fourth-order valence-electron chi connectivity index (χ4n) is 5.19. The second-order valence-corrected chi connectivity index (χ2v) is 15.2. The smallest absolute Gasteiger partial charge is 0.326 e. The predicted molar refractivity (Wildman–Crippen MR) is 192 cm³/mol. The van der Waals surface area contributed by atoms with Crippen molar-refractivity contribution in [1.29, 1.82) is 0 Å². The monoisotopic (exact) mass is 741 g/mol. The summed E-state index contributed by atoms with van der Waals surface area (Å²) in [6, 6.07) is 5.89. The minimum Gasteiger partial charge on any atom is -0.480 e. The van der Waals surface area contributed by atoms with E-state index in [0.29, 0.717) is 41.9 Å². The molecule has 280 valence electrons. The van der Waals surface area contributed by atoms with E-state index in [1.165, 1.54) is 16.7 Å². The van der Waals surface area contributed by atoms with Gasteiger partial charge in [0.25, 0.3) is 11.5 Å². The van der Waals surface area contributed by atoms with E-state index in [2.05, 4.69) is 16.2 Å². The van der Waals surface area contributed by atoms with E-state index < -0.39 is 56.6 Å². The molecule has 1 aromatic heterocycles. The zero-order chi connectivity index (χ0) is 39.0. The molecule has 3 rings (SSSR count). The number of unbranched alkanes of at least 4 members (excludes halogenated alkanes) is 2. The van der Waals surface area contributed by atoms with E-state index in [4.69, 9.17) is 11.2 Å². The Morgan fingerprint density at radius 1 is 1.12 bits per heavy atom. The molecule has 0 saturated heterocycles. The molecule has 0 fully saturated rings. The van der Waals surface area contributed by atoms with Gasteiger partial charge in [0.15, 0.2) is 6.73 Å². The molecule has 3 N–H and O–H groups in total. The van der Waals surface area contributed by atoms with Gasteiger partial charge in [-0.1, -0.05) is 18.8 Å². The number of anilines is 1. The molecule has 1 heterocycles. The third-order valence-electron chi connectivity index (χ3n) is 8.04. The first-order valence-corrected chi connectivity index (χ1v) is 18.3. The second kappa shape index (κ2) is 17.3. The highest BCUT2D eigenvalue weighted by atomic mass is 32.2. The molecule has 0 saturated carbocycles. The molecule has 16 heteroatoms. The number of rotatable bonds is 16. The highest BCUT2D eigenvalue weighted by Crippen LogP contribution is 2.24. The van der Waals surface area contributed by atoms with Gasteiger partial charge in [-0.25, -0.2) is 22.6 Å². The van der Waals surface area contributed by atoms with Crippen molar-refractivity contribution in [1.82, 2.24) is 19.6 Å². The number of amides is 2. The number of nitrogens with zero attached hydrogens (tertiary/aromatic N) is 3. The molecule has 0 spiro atoms. The lowest BCUT2D eigenvalue weighted by molar-refractivity contribution is -0.157. The average molecular weight is 742 g/mol. The van der Waals surface area contributed by atoms with Crippen LogP contribution < -0.4 is 20.5 Å². The van der Waals surface area contributed by atoms with Gasteiger partial charge < -0.3 is 20.1 Å². The summed E-state index contributed by atoms with van der Waals surface area (Å²) in [6.45, 7) is 8.47. The molecule has 0 aliphatic carbocycles. The van der Waals surface area contributed by atoms with Crippen molar-refractivity contribution in [2.75, 3.05) is 17.7 Å². The summed E-state index contributed by atoms with van der Waals surface area (Å²) < 4.78 is 46.1. The van der Waals surface area contributed by atoms with Gasteiger partial charge in [0.05, 0.1) is 34.7 Å². The number of esters is 1. The SMILES string of the molecule is C#CCN(Cc1cc2c(=O)n(COC(=O)C(C)(C)C)c(C)nc2cc1C)c1ccc(C(=O)NC(CCCCCC(=O)NS(C)(=O)=O)C(=O)O)c(F)c1. The van der Waals surface area contributed by atoms with E-state index >= 15 is 4.39 Å². The molecule has 0 radical (unpaired) electrons. The standard InChI is InChI=1S/C36H44FN5O9S/c1-8-16-41(20-24-18-27-30(17-22(24)2)38-23(3)42(33(27)45)21-51-35(48)36(4,5)6)25-14-15-26(28(37)19-25)32(44)39-29(34(46)47)12-10-9-11-13-31(43)40-52(7,49)50/h1,14-15,17-19,29H,9-13,16,20-21H2,2-7H3,(H,39,44)(H,40,43)(H,46,47). The van der Waals surface area contributed by atoms with Gasteiger partial charge in [-0.2, -0.15) is 0 Å². The molecule has 52 heavy (non-hydrogen) atoms. The maximum Gasteiger partial charge on any atom is 0.326 e. The first-order valence-electron chi connectivity index (χ1n) is 16.4. The van der Waals surface area contributed by atoms with Crippen molar-refractivity contribution >= 4 is 50.4 Å². The number of halogens is 1. The van der Waals surface area contributed by atoms with Crippen molar-refractivity contribution in [2.24, 2.45) is 5.41 Å². The number of benzene rings is 2. The van der Waals surface area contributed by atoms with Crippen molar-refractivity contribution < 1.29 is 41.8 Å². The van der Waals surface area contributed by atoms with Crippen LogP contribution in [0.2, 0.25) is 0 Å². The molecule has 2 aromatic carbocycles. The summed E-state index contributed by atoms with van der Waals surface area (Å²) in [7, 11) is -3.67. The quantitative estimate of drug-likeness (QED) is 0.110. The number of carbonyl (C=O) groups is 4. The Balaban J connectivity index is 1.76. The topological polar surface area (TPSA) is 194 Å². The van der Waals surface area contributed by atoms with Crippen molar-refractivity contribution in [3.8, 4) is 12.3 Å². The molecule has 1 unspecified atom stereocenters. The minimum absolute atomic E-state index is 0.00223. The van der Waals surface area contributed by atoms with Gasteiger partial charge in [0.2, 0.25) is 15.9 Å². The minimum atomic E-state index is -3.67. The van der Waals surface area contributed by atoms with Gasteiger partial charge >= 0.3 is 11.9 Å². The van der Waals surface area contributed by atoms with Crippen LogP contribution in [0.1, 0.15) is 80.2 Å². The largest absolute Gasteiger partial charge is 0.480 e. The van der Waals surface area contributed by atoms with Crippen LogP contribution in [0, 0.1) is 37.4 Å². The van der Waals surface area contributed by atoms with Crippen LogP contribution in [0.3, 0.4) is 0 Å². The third kappa shape index (κ3) is 11.4. The van der Waals surface area contributed by atoms with Crippen LogP contribution in [-0.4, -0.2) is 65.7 Å². The van der Waals surface area contributed by atoms with Crippen LogP contribution in [-0.2, 0) is 42.4 Å². The Labute approximate surface area is 301 Å². The number of terminal acetylenes is 1. The Hall–Kier alpha value is -5.30.